The van der Waals surface area contributed by atoms with Crippen molar-refractivity contribution in [2.45, 2.75) is 24.4 Å². The number of nitrogens with one attached hydrogen (secondary N) is 2. The summed E-state index contributed by atoms with van der Waals surface area (Å²) >= 11 is 0. The van der Waals surface area contributed by atoms with E-state index in [1.165, 1.54) is 36.6 Å². The van der Waals surface area contributed by atoms with Crippen LogP contribution in [0.5, 0.6) is 0 Å². The third-order valence-electron chi connectivity index (χ3n) is 5.83. The molecular formula is C28H26FN3O5S. The van der Waals surface area contributed by atoms with Crippen molar-refractivity contribution in [3.63, 3.8) is 0 Å². The van der Waals surface area contributed by atoms with Gasteiger partial charge in [-0.05, 0) is 48.9 Å². The van der Waals surface area contributed by atoms with E-state index in [0.717, 1.165) is 4.90 Å². The van der Waals surface area contributed by atoms with Gasteiger partial charge in [0, 0.05) is 11.3 Å². The van der Waals surface area contributed by atoms with Gasteiger partial charge in [0.15, 0.2) is 0 Å². The lowest BCUT2D eigenvalue weighted by Gasteiger charge is -2.32. The van der Waals surface area contributed by atoms with Crippen molar-refractivity contribution in [1.29, 1.82) is 0 Å². The van der Waals surface area contributed by atoms with Crippen molar-refractivity contribution in [2.24, 2.45) is 0 Å². The first kappa shape index (κ1) is 26.8. The van der Waals surface area contributed by atoms with Gasteiger partial charge in [0.1, 0.15) is 17.6 Å². The summed E-state index contributed by atoms with van der Waals surface area (Å²) in [5.74, 6) is -1.65. The van der Waals surface area contributed by atoms with Crippen molar-refractivity contribution in [3.8, 4) is 0 Å². The van der Waals surface area contributed by atoms with E-state index < -0.39 is 40.2 Å². The molecule has 0 radical (unpaired) electrons. The highest BCUT2D eigenvalue weighted by molar-refractivity contribution is 7.89. The highest BCUT2D eigenvalue weighted by Gasteiger charge is 2.35. The number of anilines is 1. The number of carbonyl (C=O) groups excluding carboxylic acids is 2. The summed E-state index contributed by atoms with van der Waals surface area (Å²) in [6.07, 6.45) is 1.46. The summed E-state index contributed by atoms with van der Waals surface area (Å²) in [5, 5.41) is 2.70. The number of amides is 2. The van der Waals surface area contributed by atoms with Gasteiger partial charge in [-0.15, -0.1) is 0 Å². The summed E-state index contributed by atoms with van der Waals surface area (Å²) in [6.45, 7) is 1.08. The minimum atomic E-state index is -4.02. The molecule has 0 fully saturated rings. The zero-order chi connectivity index (χ0) is 27.1. The first-order valence-corrected chi connectivity index (χ1v) is 13.2. The van der Waals surface area contributed by atoms with E-state index in [4.69, 9.17) is 4.42 Å². The van der Waals surface area contributed by atoms with E-state index in [1.54, 1.807) is 67.6 Å². The Balaban J connectivity index is 1.72. The highest BCUT2D eigenvalue weighted by Crippen LogP contribution is 2.32. The molecule has 8 nitrogen and oxygen atoms in total. The number of carbonyl (C=O) groups is 2. The molecule has 4 aromatic rings. The Labute approximate surface area is 220 Å². The van der Waals surface area contributed by atoms with Gasteiger partial charge in [-0.1, -0.05) is 54.6 Å². The van der Waals surface area contributed by atoms with E-state index in [0.29, 0.717) is 17.0 Å². The molecule has 0 spiro atoms. The van der Waals surface area contributed by atoms with Crippen LogP contribution >= 0.6 is 0 Å². The van der Waals surface area contributed by atoms with Crippen LogP contribution in [-0.2, 0) is 26.2 Å². The third-order valence-corrected chi connectivity index (χ3v) is 7.25. The largest absolute Gasteiger partial charge is 0.467 e. The highest BCUT2D eigenvalue weighted by atomic mass is 32.2. The smallest absolute Gasteiger partial charge is 0.248 e. The normalized spacial score (nSPS) is 12.1. The molecule has 1 atom stereocenters. The van der Waals surface area contributed by atoms with Gasteiger partial charge in [-0.3, -0.25) is 14.5 Å². The number of halogens is 1. The number of sulfonamides is 1. The van der Waals surface area contributed by atoms with Crippen LogP contribution in [0.3, 0.4) is 0 Å². The van der Waals surface area contributed by atoms with Gasteiger partial charge < -0.3 is 9.73 Å². The molecule has 0 saturated heterocycles. The van der Waals surface area contributed by atoms with Crippen LogP contribution in [0.2, 0.25) is 0 Å². The standard InChI is InChI=1S/C28H26FN3O5S/c1-20-10-5-8-16-25(20)32(26(33)19-31-38(35,36)22-12-3-2-4-13-22)27(23-14-6-7-15-24(23)29)28(34)30-18-21-11-9-17-37-21/h2-17,27,31H,18-19H2,1H3,(H,30,34)/t27-/m0/s1. The summed E-state index contributed by atoms with van der Waals surface area (Å²) < 4.78 is 48.3. The van der Waals surface area contributed by atoms with Crippen LogP contribution in [0.1, 0.15) is 22.9 Å². The number of para-hydroxylation sites is 1. The van der Waals surface area contributed by atoms with Crippen molar-refractivity contribution in [1.82, 2.24) is 10.0 Å². The average molecular weight is 536 g/mol. The molecule has 0 unspecified atom stereocenters. The van der Waals surface area contributed by atoms with Gasteiger partial charge in [0.05, 0.1) is 24.2 Å². The van der Waals surface area contributed by atoms with Gasteiger partial charge in [-0.2, -0.15) is 0 Å². The second-order valence-corrected chi connectivity index (χ2v) is 10.2. The van der Waals surface area contributed by atoms with Crippen LogP contribution in [-0.4, -0.2) is 26.8 Å². The predicted molar refractivity (Wildman–Crippen MR) is 140 cm³/mol. The Bertz CT molecular complexity index is 1510. The Morgan fingerprint density at radius 3 is 2.29 bits per heavy atom. The molecule has 196 valence electrons. The SMILES string of the molecule is Cc1ccccc1N(C(=O)CNS(=O)(=O)c1ccccc1)[C@H](C(=O)NCc1ccco1)c1ccccc1F. The summed E-state index contributed by atoms with van der Waals surface area (Å²) in [4.78, 5) is 28.4. The number of aryl methyl sites for hydroxylation is 1. The van der Waals surface area contributed by atoms with E-state index in [9.17, 15) is 18.0 Å². The van der Waals surface area contributed by atoms with Crippen molar-refractivity contribution in [3.05, 3.63) is 120 Å². The molecule has 1 heterocycles. The molecule has 1 aromatic heterocycles. The zero-order valence-electron chi connectivity index (χ0n) is 20.5. The van der Waals surface area contributed by atoms with Crippen LogP contribution in [0.4, 0.5) is 10.1 Å². The molecule has 0 bridgehead atoms. The fourth-order valence-corrected chi connectivity index (χ4v) is 4.95. The fourth-order valence-electron chi connectivity index (χ4n) is 3.95. The summed E-state index contributed by atoms with van der Waals surface area (Å²) in [5.41, 5.74) is 0.914. The quantitative estimate of drug-likeness (QED) is 0.318. The van der Waals surface area contributed by atoms with Gasteiger partial charge in [0.2, 0.25) is 21.8 Å². The molecule has 2 N–H and O–H groups in total. The van der Waals surface area contributed by atoms with E-state index in [1.807, 2.05) is 0 Å². The van der Waals surface area contributed by atoms with Crippen molar-refractivity contribution < 1.29 is 26.8 Å². The van der Waals surface area contributed by atoms with Crippen LogP contribution in [0.25, 0.3) is 0 Å². The van der Waals surface area contributed by atoms with E-state index >= 15 is 4.39 Å². The number of rotatable bonds is 10. The van der Waals surface area contributed by atoms with Crippen LogP contribution < -0.4 is 14.9 Å². The van der Waals surface area contributed by atoms with Crippen molar-refractivity contribution >= 4 is 27.5 Å². The number of benzene rings is 3. The predicted octanol–water partition coefficient (Wildman–Crippen LogP) is 4.10. The Morgan fingerprint density at radius 2 is 1.61 bits per heavy atom. The minimum absolute atomic E-state index is 0.00717. The maximum atomic E-state index is 15.1. The van der Waals surface area contributed by atoms with E-state index in [-0.39, 0.29) is 17.0 Å². The molecule has 0 aliphatic carbocycles. The maximum Gasteiger partial charge on any atom is 0.248 e. The topological polar surface area (TPSA) is 109 Å². The second-order valence-electron chi connectivity index (χ2n) is 8.41. The third kappa shape index (κ3) is 6.16. The van der Waals surface area contributed by atoms with Gasteiger partial charge >= 0.3 is 0 Å². The minimum Gasteiger partial charge on any atom is -0.467 e. The number of hydrogen-bond donors (Lipinski definition) is 2. The molecule has 10 heteroatoms. The Kier molecular flexibility index (Phi) is 8.35. The fraction of sp³-hybridized carbons (Fsp3) is 0.143. The zero-order valence-corrected chi connectivity index (χ0v) is 21.3. The summed E-state index contributed by atoms with van der Waals surface area (Å²) in [7, 11) is -4.02. The molecule has 0 saturated carbocycles. The molecule has 0 aliphatic rings. The van der Waals surface area contributed by atoms with Crippen molar-refractivity contribution in [2.75, 3.05) is 11.4 Å². The first-order valence-electron chi connectivity index (χ1n) is 11.7. The lowest BCUT2D eigenvalue weighted by atomic mass is 10.0. The molecule has 3 aromatic carbocycles. The molecule has 4 rings (SSSR count). The average Bonchev–Trinajstić information content (AvgIpc) is 3.45. The molecule has 2 amide bonds. The number of furan rings is 1. The monoisotopic (exact) mass is 535 g/mol. The molecule has 38 heavy (non-hydrogen) atoms. The lowest BCUT2D eigenvalue weighted by molar-refractivity contribution is -0.126. The number of hydrogen-bond acceptors (Lipinski definition) is 5. The number of nitrogens with zero attached hydrogens (tertiary/aromatic N) is 1. The first-order chi connectivity index (χ1) is 18.3. The second kappa shape index (κ2) is 11.8. The Hall–Kier alpha value is -4.28. The maximum absolute atomic E-state index is 15.1. The van der Waals surface area contributed by atoms with Crippen LogP contribution in [0, 0.1) is 12.7 Å². The molecule has 0 aliphatic heterocycles. The lowest BCUT2D eigenvalue weighted by Crippen LogP contribution is -2.48. The molecular weight excluding hydrogens is 509 g/mol. The van der Waals surface area contributed by atoms with Gasteiger partial charge in [-0.25, -0.2) is 17.5 Å². The Morgan fingerprint density at radius 1 is 0.921 bits per heavy atom. The van der Waals surface area contributed by atoms with E-state index in [2.05, 4.69) is 10.0 Å². The summed E-state index contributed by atoms with van der Waals surface area (Å²) in [6, 6.07) is 21.9. The van der Waals surface area contributed by atoms with Gasteiger partial charge in [0.25, 0.3) is 0 Å². The van der Waals surface area contributed by atoms with Crippen LogP contribution in [0.15, 0.2) is 107 Å².